The molecule has 0 bridgehead atoms. The molecule has 0 atom stereocenters. The summed E-state index contributed by atoms with van der Waals surface area (Å²) in [6.07, 6.45) is 0. The zero-order chi connectivity index (χ0) is 16.7. The predicted molar refractivity (Wildman–Crippen MR) is 98.1 cm³/mol. The van der Waals surface area contributed by atoms with Crippen LogP contribution in [0, 0.1) is 0 Å². The molecule has 120 valence electrons. The van der Waals surface area contributed by atoms with E-state index in [1.54, 1.807) is 0 Å². The Labute approximate surface area is 141 Å². The first-order valence-electron chi connectivity index (χ1n) is 8.39. The molecule has 5 rings (SSSR count). The van der Waals surface area contributed by atoms with Gasteiger partial charge in [0.1, 0.15) is 11.2 Å². The van der Waals surface area contributed by atoms with Gasteiger partial charge in [0.05, 0.1) is 11.2 Å². The molecular formula is C20H19BO3. The van der Waals surface area contributed by atoms with Gasteiger partial charge in [-0.1, -0.05) is 30.3 Å². The molecule has 3 aromatic carbocycles. The second-order valence-electron chi connectivity index (χ2n) is 7.69. The zero-order valence-electron chi connectivity index (χ0n) is 14.3. The molecule has 4 aromatic rings. The lowest BCUT2D eigenvalue weighted by molar-refractivity contribution is 0.00578. The SMILES string of the molecule is CC1(C)OB(c2ccc3oc4cccc5ccc2c3c54)OC1(C)C. The van der Waals surface area contributed by atoms with Gasteiger partial charge in [0.2, 0.25) is 0 Å². The largest absolute Gasteiger partial charge is 0.495 e. The van der Waals surface area contributed by atoms with Gasteiger partial charge in [-0.3, -0.25) is 0 Å². The van der Waals surface area contributed by atoms with Crippen LogP contribution < -0.4 is 5.46 Å². The molecule has 0 N–H and O–H groups in total. The highest BCUT2D eigenvalue weighted by Crippen LogP contribution is 2.39. The maximum Gasteiger partial charge on any atom is 0.495 e. The van der Waals surface area contributed by atoms with E-state index in [1.807, 2.05) is 18.2 Å². The van der Waals surface area contributed by atoms with E-state index in [2.05, 4.69) is 52.0 Å². The van der Waals surface area contributed by atoms with Crippen LogP contribution in [-0.2, 0) is 9.31 Å². The molecule has 2 heterocycles. The van der Waals surface area contributed by atoms with Gasteiger partial charge in [0, 0.05) is 10.8 Å². The van der Waals surface area contributed by atoms with E-state index in [0.717, 1.165) is 27.4 Å². The molecule has 0 unspecified atom stereocenters. The fourth-order valence-corrected chi connectivity index (χ4v) is 3.64. The molecule has 1 aliphatic rings. The normalized spacial score (nSPS) is 19.9. The highest BCUT2D eigenvalue weighted by atomic mass is 16.7. The Bertz CT molecular complexity index is 1060. The quantitative estimate of drug-likeness (QED) is 0.383. The predicted octanol–water partition coefficient (Wildman–Crippen LogP) is 4.48. The van der Waals surface area contributed by atoms with E-state index in [-0.39, 0.29) is 18.3 Å². The minimum atomic E-state index is -0.366. The summed E-state index contributed by atoms with van der Waals surface area (Å²) in [5, 5.41) is 4.69. The van der Waals surface area contributed by atoms with E-state index in [0.29, 0.717) is 0 Å². The van der Waals surface area contributed by atoms with E-state index in [9.17, 15) is 0 Å². The second kappa shape index (κ2) is 4.32. The van der Waals surface area contributed by atoms with Crippen molar-refractivity contribution in [1.82, 2.24) is 0 Å². The summed E-state index contributed by atoms with van der Waals surface area (Å²) in [6.45, 7) is 8.33. The van der Waals surface area contributed by atoms with Crippen molar-refractivity contribution in [2.24, 2.45) is 0 Å². The minimum absolute atomic E-state index is 0.346. The summed E-state index contributed by atoms with van der Waals surface area (Å²) in [5.41, 5.74) is 2.22. The summed E-state index contributed by atoms with van der Waals surface area (Å²) in [5.74, 6) is 0. The van der Waals surface area contributed by atoms with Crippen molar-refractivity contribution in [2.75, 3.05) is 0 Å². The lowest BCUT2D eigenvalue weighted by Crippen LogP contribution is -2.41. The molecule has 3 nitrogen and oxygen atoms in total. The van der Waals surface area contributed by atoms with E-state index < -0.39 is 0 Å². The Hall–Kier alpha value is -2.04. The van der Waals surface area contributed by atoms with Crippen LogP contribution in [-0.4, -0.2) is 18.3 Å². The average Bonchev–Trinajstić information content (AvgIpc) is 3.00. The van der Waals surface area contributed by atoms with Crippen molar-refractivity contribution >= 4 is 45.3 Å². The van der Waals surface area contributed by atoms with Crippen LogP contribution in [0.5, 0.6) is 0 Å². The average molecular weight is 318 g/mol. The molecule has 1 saturated heterocycles. The van der Waals surface area contributed by atoms with Gasteiger partial charge in [0.25, 0.3) is 0 Å². The van der Waals surface area contributed by atoms with Gasteiger partial charge >= 0.3 is 7.12 Å². The highest BCUT2D eigenvalue weighted by Gasteiger charge is 2.52. The van der Waals surface area contributed by atoms with Crippen LogP contribution in [0.3, 0.4) is 0 Å². The topological polar surface area (TPSA) is 31.6 Å². The van der Waals surface area contributed by atoms with Crippen molar-refractivity contribution < 1.29 is 13.7 Å². The molecule has 0 radical (unpaired) electrons. The molecule has 1 fully saturated rings. The molecule has 1 aliphatic heterocycles. The summed E-state index contributed by atoms with van der Waals surface area (Å²) < 4.78 is 18.6. The lowest BCUT2D eigenvalue weighted by atomic mass is 9.75. The van der Waals surface area contributed by atoms with Gasteiger partial charge in [-0.25, -0.2) is 0 Å². The number of hydrogen-bond acceptors (Lipinski definition) is 3. The Morgan fingerprint density at radius 2 is 1.46 bits per heavy atom. The fourth-order valence-electron chi connectivity index (χ4n) is 3.64. The van der Waals surface area contributed by atoms with Gasteiger partial charge in [0.15, 0.2) is 0 Å². The third-order valence-corrected chi connectivity index (χ3v) is 5.71. The molecule has 24 heavy (non-hydrogen) atoms. The summed E-state index contributed by atoms with van der Waals surface area (Å²) in [7, 11) is -0.366. The van der Waals surface area contributed by atoms with Crippen molar-refractivity contribution in [3.05, 3.63) is 42.5 Å². The smallest absolute Gasteiger partial charge is 0.456 e. The minimum Gasteiger partial charge on any atom is -0.456 e. The fraction of sp³-hybridized carbons (Fsp3) is 0.300. The van der Waals surface area contributed by atoms with Crippen LogP contribution >= 0.6 is 0 Å². The first kappa shape index (κ1) is 14.3. The van der Waals surface area contributed by atoms with Gasteiger partial charge in [-0.2, -0.15) is 0 Å². The zero-order valence-corrected chi connectivity index (χ0v) is 14.3. The number of hydrogen-bond donors (Lipinski definition) is 0. The monoisotopic (exact) mass is 318 g/mol. The molecule has 0 spiro atoms. The van der Waals surface area contributed by atoms with Crippen LogP contribution in [0.1, 0.15) is 27.7 Å². The molecule has 4 heteroatoms. The summed E-state index contributed by atoms with van der Waals surface area (Å²) >= 11 is 0. The number of rotatable bonds is 1. The standard InChI is InChI=1S/C20H19BO3/c1-19(2)20(3,4)24-21(23-19)14-10-11-16-18-13(14)9-8-12-6-5-7-15(22-16)17(12)18/h5-11H,1-4H3. The van der Waals surface area contributed by atoms with Crippen LogP contribution in [0.2, 0.25) is 0 Å². The Morgan fingerprint density at radius 3 is 2.21 bits per heavy atom. The Balaban J connectivity index is 1.78. The number of benzene rings is 3. The van der Waals surface area contributed by atoms with E-state index >= 15 is 0 Å². The Morgan fingerprint density at radius 1 is 0.750 bits per heavy atom. The third kappa shape index (κ3) is 1.70. The first-order valence-corrected chi connectivity index (χ1v) is 8.39. The second-order valence-corrected chi connectivity index (χ2v) is 7.69. The van der Waals surface area contributed by atoms with Crippen LogP contribution in [0.15, 0.2) is 46.9 Å². The summed E-state index contributed by atoms with van der Waals surface area (Å²) in [6, 6.07) is 14.6. The molecule has 0 amide bonds. The Kier molecular flexibility index (Phi) is 2.58. The summed E-state index contributed by atoms with van der Waals surface area (Å²) in [4.78, 5) is 0. The van der Waals surface area contributed by atoms with Crippen LogP contribution in [0.4, 0.5) is 0 Å². The molecule has 1 aromatic heterocycles. The molecular weight excluding hydrogens is 299 g/mol. The van der Waals surface area contributed by atoms with Crippen molar-refractivity contribution in [3.8, 4) is 0 Å². The van der Waals surface area contributed by atoms with Gasteiger partial charge < -0.3 is 13.7 Å². The van der Waals surface area contributed by atoms with Gasteiger partial charge in [-0.15, -0.1) is 0 Å². The van der Waals surface area contributed by atoms with Crippen molar-refractivity contribution in [1.29, 1.82) is 0 Å². The molecule has 0 aliphatic carbocycles. The number of furan rings is 1. The van der Waals surface area contributed by atoms with Crippen molar-refractivity contribution in [2.45, 2.75) is 38.9 Å². The van der Waals surface area contributed by atoms with E-state index in [1.165, 1.54) is 10.8 Å². The third-order valence-electron chi connectivity index (χ3n) is 5.71. The lowest BCUT2D eigenvalue weighted by Gasteiger charge is -2.32. The van der Waals surface area contributed by atoms with Crippen LogP contribution in [0.25, 0.3) is 32.7 Å². The van der Waals surface area contributed by atoms with Crippen molar-refractivity contribution in [3.63, 3.8) is 0 Å². The first-order chi connectivity index (χ1) is 11.4. The highest BCUT2D eigenvalue weighted by molar-refractivity contribution is 6.65. The van der Waals surface area contributed by atoms with E-state index in [4.69, 9.17) is 13.7 Å². The maximum absolute atomic E-state index is 6.26. The molecule has 0 saturated carbocycles. The maximum atomic E-state index is 6.26. The van der Waals surface area contributed by atoms with Gasteiger partial charge in [-0.05, 0) is 56.1 Å².